The fraction of sp³-hybridized carbons (Fsp3) is 0.317. The van der Waals surface area contributed by atoms with Gasteiger partial charge in [0.1, 0.15) is 33.0 Å². The van der Waals surface area contributed by atoms with E-state index >= 15 is 0 Å². The summed E-state index contributed by atoms with van der Waals surface area (Å²) in [5, 5.41) is 15.1. The first-order valence-corrected chi connectivity index (χ1v) is 18.1. The molecule has 0 atom stereocenters. The molecule has 4 N–H and O–H groups in total. The summed E-state index contributed by atoms with van der Waals surface area (Å²) >= 11 is 12.7. The number of hydrogen-bond acceptors (Lipinski definition) is 10. The fourth-order valence-corrected chi connectivity index (χ4v) is 5.07. The number of carbonyl (C=O) groups is 4. The van der Waals surface area contributed by atoms with Crippen molar-refractivity contribution in [2.45, 2.75) is 79.8 Å². The monoisotopic (exact) mass is 820 g/mol. The van der Waals surface area contributed by atoms with E-state index in [-0.39, 0.29) is 60.2 Å². The number of methoxy groups -OCH3 is 1. The number of anilines is 2. The molecule has 13 nitrogen and oxygen atoms in total. The van der Waals surface area contributed by atoms with Crippen molar-refractivity contribution in [1.82, 2.24) is 0 Å². The van der Waals surface area contributed by atoms with E-state index in [1.165, 1.54) is 31.4 Å². The van der Waals surface area contributed by atoms with Gasteiger partial charge in [-0.05, 0) is 128 Å². The number of rotatable bonds is 14. The molecule has 0 fully saturated rings. The van der Waals surface area contributed by atoms with Crippen molar-refractivity contribution >= 4 is 58.3 Å². The van der Waals surface area contributed by atoms with E-state index in [9.17, 15) is 19.2 Å². The number of hydrogen-bond donors (Lipinski definition) is 3. The first-order chi connectivity index (χ1) is 25.9. The SMILES string of the molecule is CC(C)Oc1cc(C(=O)Nc2ccc(C(=O)O)cc2)cc(OC(C)C)c1Cl.COC(=O)c1ccc(NC(=O)c2cc(OC(C)C)c(Cl)c(OC(C)C)c2)cc1.[Li+].[OH-]. The third-order valence-electron chi connectivity index (χ3n) is 6.94. The number of amides is 2. The summed E-state index contributed by atoms with van der Waals surface area (Å²) < 4.78 is 27.5. The van der Waals surface area contributed by atoms with Crippen LogP contribution in [0.4, 0.5) is 11.4 Å². The van der Waals surface area contributed by atoms with Gasteiger partial charge in [0.25, 0.3) is 11.8 Å². The molecule has 0 aromatic heterocycles. The van der Waals surface area contributed by atoms with Gasteiger partial charge in [-0.25, -0.2) is 9.59 Å². The smallest absolute Gasteiger partial charge is 0.870 e. The minimum atomic E-state index is -1.03. The number of carbonyl (C=O) groups excluding carboxylic acids is 3. The summed E-state index contributed by atoms with van der Waals surface area (Å²) in [5.41, 5.74) is 2.19. The first-order valence-electron chi connectivity index (χ1n) is 17.4. The number of nitrogens with one attached hydrogen (secondary N) is 2. The molecular weight excluding hydrogens is 774 g/mol. The minimum absolute atomic E-state index is 0. The zero-order chi connectivity index (χ0) is 41.0. The summed E-state index contributed by atoms with van der Waals surface area (Å²) in [4.78, 5) is 47.8. The maximum absolute atomic E-state index is 12.7. The molecule has 0 unspecified atom stereocenters. The Morgan fingerprint density at radius 3 is 1.05 bits per heavy atom. The van der Waals surface area contributed by atoms with Gasteiger partial charge in [0.05, 0.1) is 42.7 Å². The van der Waals surface area contributed by atoms with Crippen LogP contribution in [0.5, 0.6) is 23.0 Å². The minimum Gasteiger partial charge on any atom is -0.870 e. The van der Waals surface area contributed by atoms with Crippen molar-refractivity contribution in [3.05, 3.63) is 105 Å². The Bertz CT molecular complexity index is 1910. The molecule has 0 saturated heterocycles. The predicted molar refractivity (Wildman–Crippen MR) is 215 cm³/mol. The van der Waals surface area contributed by atoms with Crippen molar-refractivity contribution < 1.29 is 72.3 Å². The molecule has 0 aliphatic carbocycles. The van der Waals surface area contributed by atoms with Crippen LogP contribution >= 0.6 is 23.2 Å². The Balaban J connectivity index is 0.000000551. The summed E-state index contributed by atoms with van der Waals surface area (Å²) in [6.07, 6.45) is -0.491. The van der Waals surface area contributed by atoms with E-state index in [2.05, 4.69) is 15.4 Å². The third-order valence-corrected chi connectivity index (χ3v) is 7.69. The van der Waals surface area contributed by atoms with Crippen LogP contribution in [0.15, 0.2) is 72.8 Å². The maximum Gasteiger partial charge on any atom is 1.00 e. The van der Waals surface area contributed by atoms with Crippen molar-refractivity contribution in [3.8, 4) is 23.0 Å². The Kier molecular flexibility index (Phi) is 20.5. The average molecular weight is 822 g/mol. The quantitative estimate of drug-likeness (QED) is 0.0913. The van der Waals surface area contributed by atoms with Crippen molar-refractivity contribution in [2.75, 3.05) is 17.7 Å². The molecule has 4 rings (SSSR count). The second-order valence-electron chi connectivity index (χ2n) is 13.1. The molecule has 4 aromatic carbocycles. The number of aromatic carboxylic acids is 1. The summed E-state index contributed by atoms with van der Waals surface area (Å²) in [5.74, 6) is -0.755. The molecule has 0 radical (unpaired) electrons. The van der Waals surface area contributed by atoms with E-state index < -0.39 is 17.8 Å². The van der Waals surface area contributed by atoms with Gasteiger partial charge < -0.3 is 44.9 Å². The van der Waals surface area contributed by atoms with Crippen LogP contribution in [0.1, 0.15) is 96.8 Å². The number of carboxylic acid groups (broad SMARTS) is 1. The Hall–Kier alpha value is -4.90. The van der Waals surface area contributed by atoms with Crippen LogP contribution in [-0.4, -0.2) is 65.9 Å². The molecule has 2 amide bonds. The van der Waals surface area contributed by atoms with Crippen LogP contribution in [0, 0.1) is 0 Å². The van der Waals surface area contributed by atoms with Crippen molar-refractivity contribution in [3.63, 3.8) is 0 Å². The normalized spacial score (nSPS) is 10.4. The molecule has 0 aliphatic heterocycles. The van der Waals surface area contributed by atoms with E-state index in [1.807, 2.05) is 55.4 Å². The topological polar surface area (TPSA) is 189 Å². The maximum atomic E-state index is 12.7. The first kappa shape index (κ1) is 50.1. The number of carboxylic acids is 1. The van der Waals surface area contributed by atoms with Gasteiger partial charge >= 0.3 is 30.8 Å². The Morgan fingerprint density at radius 1 is 0.526 bits per heavy atom. The summed E-state index contributed by atoms with van der Waals surface area (Å²) in [6.45, 7) is 14.9. The molecule has 57 heavy (non-hydrogen) atoms. The third kappa shape index (κ3) is 15.5. The number of esters is 1. The average Bonchev–Trinajstić information content (AvgIpc) is 3.11. The zero-order valence-corrected chi connectivity index (χ0v) is 35.1. The molecule has 0 bridgehead atoms. The molecule has 0 saturated carbocycles. The van der Waals surface area contributed by atoms with Gasteiger partial charge in [0.2, 0.25) is 0 Å². The van der Waals surface area contributed by atoms with Crippen LogP contribution in [-0.2, 0) is 4.74 Å². The number of ether oxygens (including phenoxy) is 5. The van der Waals surface area contributed by atoms with E-state index in [4.69, 9.17) is 47.3 Å². The number of benzene rings is 4. The predicted octanol–water partition coefficient (Wildman–Crippen LogP) is 6.65. The largest absolute Gasteiger partial charge is 1.00 e. The number of halogens is 2. The molecule has 0 heterocycles. The van der Waals surface area contributed by atoms with Crippen molar-refractivity contribution in [2.24, 2.45) is 0 Å². The van der Waals surface area contributed by atoms with Gasteiger partial charge in [-0.15, -0.1) is 0 Å². The standard InChI is InChI=1S/C21H24ClNO5.C20H22ClNO5.Li.H2O/c1-12(2)27-17-10-15(11-18(19(17)22)28-13(3)4)20(24)23-16-8-6-14(7-9-16)21(25)26-5;1-11(2)26-16-9-14(10-17(18(16)21)27-12(3)4)19(23)22-15-7-5-13(6-8-15)20(24)25;;/h6-13H,1-5H3,(H,23,24);5-12H,1-4H3,(H,22,23)(H,24,25);;1H2/q;;+1;/p-1. The van der Waals surface area contributed by atoms with E-state index in [1.54, 1.807) is 48.5 Å². The molecule has 0 aliphatic rings. The van der Waals surface area contributed by atoms with Gasteiger partial charge in [-0.3, -0.25) is 9.59 Å². The van der Waals surface area contributed by atoms with Gasteiger partial charge in [0.15, 0.2) is 0 Å². The molecule has 0 spiro atoms. The molecule has 302 valence electrons. The zero-order valence-electron chi connectivity index (χ0n) is 33.6. The second kappa shape index (κ2) is 23.4. The second-order valence-corrected chi connectivity index (χ2v) is 13.9. The van der Waals surface area contributed by atoms with Crippen molar-refractivity contribution in [1.29, 1.82) is 0 Å². The molecule has 16 heteroatoms. The molecule has 4 aromatic rings. The fourth-order valence-electron chi connectivity index (χ4n) is 4.68. The van der Waals surface area contributed by atoms with E-state index in [0.29, 0.717) is 61.1 Å². The van der Waals surface area contributed by atoms with Gasteiger partial charge in [0, 0.05) is 22.5 Å². The summed E-state index contributed by atoms with van der Waals surface area (Å²) in [7, 11) is 1.31. The van der Waals surface area contributed by atoms with E-state index in [0.717, 1.165) is 0 Å². The Morgan fingerprint density at radius 2 is 0.807 bits per heavy atom. The Labute approximate surface area is 354 Å². The van der Waals surface area contributed by atoms with Crippen LogP contribution in [0.3, 0.4) is 0 Å². The van der Waals surface area contributed by atoms with Gasteiger partial charge in [-0.2, -0.15) is 0 Å². The summed E-state index contributed by atoms with van der Waals surface area (Å²) in [6, 6.07) is 18.5. The molecular formula is C41H47Cl2LiN2O11. The van der Waals surface area contributed by atoms with Crippen LogP contribution in [0.2, 0.25) is 10.0 Å². The van der Waals surface area contributed by atoms with Crippen LogP contribution < -0.4 is 48.4 Å². The van der Waals surface area contributed by atoms with Crippen LogP contribution in [0.25, 0.3) is 0 Å². The van der Waals surface area contributed by atoms with Gasteiger partial charge in [-0.1, -0.05) is 23.2 Å².